The van der Waals surface area contributed by atoms with Crippen LogP contribution in [0.25, 0.3) is 11.1 Å². The third-order valence-electron chi connectivity index (χ3n) is 3.86. The molecule has 24 heavy (non-hydrogen) atoms. The van der Waals surface area contributed by atoms with Crippen LogP contribution in [-0.2, 0) is 11.3 Å². The average Bonchev–Trinajstić information content (AvgIpc) is 2.84. The monoisotopic (exact) mass is 344 g/mol. The number of carbonyl (C=O) groups excluding carboxylic acids is 1. The molecule has 3 rings (SSSR count). The van der Waals surface area contributed by atoms with Crippen LogP contribution in [0, 0.1) is 13.8 Å². The highest BCUT2D eigenvalue weighted by Crippen LogP contribution is 2.19. The number of anilines is 1. The zero-order chi connectivity index (χ0) is 17.3. The Morgan fingerprint density at radius 1 is 1.21 bits per heavy atom. The van der Waals surface area contributed by atoms with Crippen LogP contribution in [0.1, 0.15) is 17.5 Å². The molecule has 3 aromatic rings. The van der Waals surface area contributed by atoms with E-state index in [1.807, 2.05) is 32.0 Å². The Morgan fingerprint density at radius 2 is 2.00 bits per heavy atom. The maximum Gasteiger partial charge on any atom is 0.419 e. The number of amides is 1. The Morgan fingerprint density at radius 3 is 2.79 bits per heavy atom. The molecule has 0 unspecified atom stereocenters. The Bertz CT molecular complexity index is 972. The number of benzene rings is 2. The minimum Gasteiger partial charge on any atom is -0.408 e. The molecule has 2 aromatic carbocycles. The number of oxazole rings is 1. The van der Waals surface area contributed by atoms with E-state index in [0.29, 0.717) is 16.1 Å². The Hall–Kier alpha value is -2.53. The quantitative estimate of drug-likeness (QED) is 0.780. The number of hydrogen-bond donors (Lipinski definition) is 1. The molecule has 0 bridgehead atoms. The summed E-state index contributed by atoms with van der Waals surface area (Å²) in [5.74, 6) is -0.654. The van der Waals surface area contributed by atoms with E-state index < -0.39 is 5.76 Å². The van der Waals surface area contributed by atoms with E-state index in [9.17, 15) is 9.59 Å². The minimum absolute atomic E-state index is 0.160. The molecule has 6 heteroatoms. The van der Waals surface area contributed by atoms with E-state index in [2.05, 4.69) is 5.32 Å². The van der Waals surface area contributed by atoms with E-state index in [4.69, 9.17) is 16.0 Å². The molecule has 0 atom stereocenters. The average molecular weight is 345 g/mol. The second-order valence-corrected chi connectivity index (χ2v) is 6.18. The van der Waals surface area contributed by atoms with Crippen molar-refractivity contribution < 1.29 is 9.21 Å². The first-order chi connectivity index (χ1) is 11.4. The lowest BCUT2D eigenvalue weighted by Gasteiger charge is -2.09. The maximum atomic E-state index is 12.2. The Kier molecular flexibility index (Phi) is 4.44. The van der Waals surface area contributed by atoms with Crippen molar-refractivity contribution in [2.45, 2.75) is 26.8 Å². The zero-order valence-electron chi connectivity index (χ0n) is 13.4. The smallest absolute Gasteiger partial charge is 0.408 e. The van der Waals surface area contributed by atoms with Crippen LogP contribution >= 0.6 is 11.6 Å². The topological polar surface area (TPSA) is 64.2 Å². The molecule has 124 valence electrons. The number of carbonyl (C=O) groups is 1. The molecule has 1 N–H and O–H groups in total. The summed E-state index contributed by atoms with van der Waals surface area (Å²) < 4.78 is 6.58. The first kappa shape index (κ1) is 16.3. The molecule has 0 aliphatic heterocycles. The molecular weight excluding hydrogens is 328 g/mol. The molecule has 0 saturated heterocycles. The molecule has 0 spiro atoms. The molecular formula is C18H17ClN2O3. The third kappa shape index (κ3) is 3.36. The highest BCUT2D eigenvalue weighted by Gasteiger charge is 2.12. The molecule has 0 aliphatic rings. The maximum absolute atomic E-state index is 12.2. The molecule has 1 aromatic heterocycles. The van der Waals surface area contributed by atoms with Gasteiger partial charge in [0.25, 0.3) is 0 Å². The van der Waals surface area contributed by atoms with Crippen molar-refractivity contribution >= 4 is 34.3 Å². The van der Waals surface area contributed by atoms with E-state index in [0.717, 1.165) is 16.8 Å². The fourth-order valence-corrected chi connectivity index (χ4v) is 2.71. The van der Waals surface area contributed by atoms with E-state index >= 15 is 0 Å². The predicted octanol–water partition coefficient (Wildman–Crippen LogP) is 3.89. The van der Waals surface area contributed by atoms with Crippen molar-refractivity contribution in [1.29, 1.82) is 0 Å². The Labute approximate surface area is 143 Å². The summed E-state index contributed by atoms with van der Waals surface area (Å²) in [6.07, 6.45) is 0.161. The first-order valence-electron chi connectivity index (χ1n) is 7.60. The van der Waals surface area contributed by atoms with Gasteiger partial charge in [0.2, 0.25) is 5.91 Å². The number of hydrogen-bond acceptors (Lipinski definition) is 3. The van der Waals surface area contributed by atoms with Gasteiger partial charge in [0.05, 0.1) is 5.52 Å². The van der Waals surface area contributed by atoms with Crippen LogP contribution in [0.15, 0.2) is 45.6 Å². The molecule has 1 heterocycles. The number of aryl methyl sites for hydroxylation is 3. The van der Waals surface area contributed by atoms with Gasteiger partial charge in [-0.25, -0.2) is 4.79 Å². The molecule has 0 fully saturated rings. The number of halogens is 1. The standard InChI is InChI=1S/C18H17ClN2O3/c1-11-3-4-12(2)14(9-11)20-17(22)7-8-21-15-10-13(19)5-6-16(15)24-18(21)23/h3-6,9-10H,7-8H2,1-2H3,(H,20,22). The highest BCUT2D eigenvalue weighted by molar-refractivity contribution is 6.31. The largest absolute Gasteiger partial charge is 0.419 e. The second-order valence-electron chi connectivity index (χ2n) is 5.75. The van der Waals surface area contributed by atoms with Crippen LogP contribution in [0.2, 0.25) is 5.02 Å². The number of nitrogens with one attached hydrogen (secondary N) is 1. The summed E-state index contributed by atoms with van der Waals surface area (Å²) in [7, 11) is 0. The summed E-state index contributed by atoms with van der Waals surface area (Å²) in [5.41, 5.74) is 3.90. The lowest BCUT2D eigenvalue weighted by Crippen LogP contribution is -2.20. The summed E-state index contributed by atoms with van der Waals surface area (Å²) in [5, 5.41) is 3.39. The third-order valence-corrected chi connectivity index (χ3v) is 4.09. The normalized spacial score (nSPS) is 11.0. The fraction of sp³-hybridized carbons (Fsp3) is 0.222. The van der Waals surface area contributed by atoms with Gasteiger partial charge in [-0.1, -0.05) is 23.7 Å². The predicted molar refractivity (Wildman–Crippen MR) is 94.6 cm³/mol. The van der Waals surface area contributed by atoms with Gasteiger partial charge in [-0.3, -0.25) is 9.36 Å². The lowest BCUT2D eigenvalue weighted by molar-refractivity contribution is -0.116. The molecule has 5 nitrogen and oxygen atoms in total. The van der Waals surface area contributed by atoms with E-state index in [-0.39, 0.29) is 18.9 Å². The van der Waals surface area contributed by atoms with Crippen molar-refractivity contribution in [2.24, 2.45) is 0 Å². The van der Waals surface area contributed by atoms with Crippen molar-refractivity contribution in [2.75, 3.05) is 5.32 Å². The number of aromatic nitrogens is 1. The molecule has 1 amide bonds. The summed E-state index contributed by atoms with van der Waals surface area (Å²) in [6.45, 7) is 4.13. The van der Waals surface area contributed by atoms with Crippen LogP contribution in [-0.4, -0.2) is 10.5 Å². The SMILES string of the molecule is Cc1ccc(C)c(NC(=O)CCn2c(=O)oc3ccc(Cl)cc32)c1. The number of rotatable bonds is 4. The van der Waals surface area contributed by atoms with Crippen molar-refractivity contribution in [1.82, 2.24) is 4.57 Å². The van der Waals surface area contributed by atoms with Crippen molar-refractivity contribution in [3.05, 3.63) is 63.1 Å². The number of fused-ring (bicyclic) bond motifs is 1. The lowest BCUT2D eigenvalue weighted by atomic mass is 10.1. The van der Waals surface area contributed by atoms with E-state index in [1.165, 1.54) is 4.57 Å². The van der Waals surface area contributed by atoms with Gasteiger partial charge < -0.3 is 9.73 Å². The van der Waals surface area contributed by atoms with Gasteiger partial charge in [0, 0.05) is 23.7 Å². The van der Waals surface area contributed by atoms with Gasteiger partial charge in [0.1, 0.15) is 0 Å². The highest BCUT2D eigenvalue weighted by atomic mass is 35.5. The molecule has 0 radical (unpaired) electrons. The van der Waals surface area contributed by atoms with Crippen LogP contribution in [0.4, 0.5) is 5.69 Å². The fourth-order valence-electron chi connectivity index (χ4n) is 2.54. The second kappa shape index (κ2) is 6.53. The van der Waals surface area contributed by atoms with E-state index in [1.54, 1.807) is 18.2 Å². The molecule has 0 saturated carbocycles. The Balaban J connectivity index is 1.75. The van der Waals surface area contributed by atoms with Gasteiger partial charge in [0.15, 0.2) is 5.58 Å². The van der Waals surface area contributed by atoms with Gasteiger partial charge in [-0.2, -0.15) is 0 Å². The van der Waals surface area contributed by atoms with Crippen LogP contribution in [0.3, 0.4) is 0 Å². The number of nitrogens with zero attached hydrogens (tertiary/aromatic N) is 1. The summed E-state index contributed by atoms with van der Waals surface area (Å²) >= 11 is 5.97. The van der Waals surface area contributed by atoms with Gasteiger partial charge in [-0.05, 0) is 49.2 Å². The van der Waals surface area contributed by atoms with Crippen molar-refractivity contribution in [3.63, 3.8) is 0 Å². The molecule has 0 aliphatic carbocycles. The van der Waals surface area contributed by atoms with Crippen LogP contribution < -0.4 is 11.1 Å². The first-order valence-corrected chi connectivity index (χ1v) is 7.98. The summed E-state index contributed by atoms with van der Waals surface area (Å²) in [4.78, 5) is 24.1. The minimum atomic E-state index is -0.494. The van der Waals surface area contributed by atoms with Crippen LogP contribution in [0.5, 0.6) is 0 Å². The van der Waals surface area contributed by atoms with Crippen molar-refractivity contribution in [3.8, 4) is 0 Å². The summed E-state index contributed by atoms with van der Waals surface area (Å²) in [6, 6.07) is 10.8. The van der Waals surface area contributed by atoms with Gasteiger partial charge >= 0.3 is 5.76 Å². The zero-order valence-corrected chi connectivity index (χ0v) is 14.2. The van der Waals surface area contributed by atoms with Gasteiger partial charge in [-0.15, -0.1) is 0 Å².